The number of guanidine groups is 1. The first-order chi connectivity index (χ1) is 12.7. The molecule has 8 heteroatoms. The van der Waals surface area contributed by atoms with Crippen LogP contribution in [0.4, 0.5) is 0 Å². The molecular formula is C19H33IN4O3. The van der Waals surface area contributed by atoms with Crippen molar-refractivity contribution in [2.45, 2.75) is 32.4 Å². The molecule has 0 spiro atoms. The van der Waals surface area contributed by atoms with Crippen LogP contribution in [-0.2, 0) is 6.54 Å². The van der Waals surface area contributed by atoms with Crippen molar-refractivity contribution in [2.24, 2.45) is 4.99 Å². The molecule has 1 aromatic carbocycles. The van der Waals surface area contributed by atoms with Crippen molar-refractivity contribution >= 4 is 29.9 Å². The molecule has 1 unspecified atom stereocenters. The number of nitrogens with zero attached hydrogens (tertiary/aromatic N) is 2. The normalized spacial score (nSPS) is 17.2. The van der Waals surface area contributed by atoms with E-state index in [1.165, 1.54) is 19.4 Å². The fourth-order valence-electron chi connectivity index (χ4n) is 3.39. The second-order valence-electron chi connectivity index (χ2n) is 6.25. The van der Waals surface area contributed by atoms with E-state index in [1.807, 2.05) is 12.1 Å². The summed E-state index contributed by atoms with van der Waals surface area (Å²) in [5.74, 6) is 2.86. The number of methoxy groups -OCH3 is 3. The van der Waals surface area contributed by atoms with E-state index in [4.69, 9.17) is 14.2 Å². The monoisotopic (exact) mass is 492 g/mol. The molecule has 1 fully saturated rings. The van der Waals surface area contributed by atoms with Gasteiger partial charge in [0.2, 0.25) is 0 Å². The fraction of sp³-hybridized carbons (Fsp3) is 0.632. The van der Waals surface area contributed by atoms with Crippen molar-refractivity contribution in [1.82, 2.24) is 15.5 Å². The Hall–Kier alpha value is -1.42. The minimum atomic E-state index is 0. The van der Waals surface area contributed by atoms with E-state index in [2.05, 4.69) is 27.4 Å². The van der Waals surface area contributed by atoms with Crippen LogP contribution in [-0.4, -0.2) is 64.9 Å². The van der Waals surface area contributed by atoms with Crippen LogP contribution in [0.3, 0.4) is 0 Å². The highest BCUT2D eigenvalue weighted by molar-refractivity contribution is 14.0. The van der Waals surface area contributed by atoms with Crippen LogP contribution >= 0.6 is 24.0 Å². The van der Waals surface area contributed by atoms with Crippen molar-refractivity contribution in [2.75, 3.05) is 48.0 Å². The van der Waals surface area contributed by atoms with Gasteiger partial charge in [0.25, 0.3) is 0 Å². The third-order valence-electron chi connectivity index (χ3n) is 4.87. The van der Waals surface area contributed by atoms with Crippen LogP contribution in [0.25, 0.3) is 0 Å². The summed E-state index contributed by atoms with van der Waals surface area (Å²) >= 11 is 0. The van der Waals surface area contributed by atoms with Crippen LogP contribution in [0.15, 0.2) is 17.1 Å². The Balaban J connectivity index is 0.00000364. The molecule has 0 aliphatic carbocycles. The molecule has 0 aromatic heterocycles. The third-order valence-corrected chi connectivity index (χ3v) is 4.87. The van der Waals surface area contributed by atoms with Gasteiger partial charge in [0.1, 0.15) is 5.75 Å². The largest absolute Gasteiger partial charge is 0.496 e. The number of ether oxygens (including phenoxy) is 3. The topological polar surface area (TPSA) is 67.4 Å². The Morgan fingerprint density at radius 1 is 1.11 bits per heavy atom. The van der Waals surface area contributed by atoms with Gasteiger partial charge in [-0.1, -0.05) is 6.92 Å². The quantitative estimate of drug-likeness (QED) is 0.330. The number of halogens is 1. The standard InChI is InChI=1S/C19H32N4O3.HI/c1-6-23-9-7-8-15(23)13-22-19(20-2)21-12-14-10-17(25-4)18(26-5)11-16(14)24-3;/h10-11,15H,6-9,12-13H2,1-5H3,(H2,20,21,22);1H. The van der Waals surface area contributed by atoms with E-state index in [9.17, 15) is 0 Å². The minimum Gasteiger partial charge on any atom is -0.496 e. The molecule has 1 aliphatic rings. The van der Waals surface area contributed by atoms with Gasteiger partial charge in [-0.3, -0.25) is 9.89 Å². The highest BCUT2D eigenvalue weighted by Crippen LogP contribution is 2.34. The molecule has 0 saturated carbocycles. The first-order valence-electron chi connectivity index (χ1n) is 9.14. The lowest BCUT2D eigenvalue weighted by molar-refractivity contribution is 0.267. The van der Waals surface area contributed by atoms with Gasteiger partial charge in [-0.25, -0.2) is 0 Å². The molecule has 154 valence electrons. The van der Waals surface area contributed by atoms with E-state index in [0.29, 0.717) is 24.1 Å². The smallest absolute Gasteiger partial charge is 0.191 e. The molecule has 27 heavy (non-hydrogen) atoms. The van der Waals surface area contributed by atoms with Crippen LogP contribution < -0.4 is 24.8 Å². The van der Waals surface area contributed by atoms with Gasteiger partial charge in [-0.2, -0.15) is 0 Å². The lowest BCUT2D eigenvalue weighted by atomic mass is 10.1. The molecule has 1 heterocycles. The molecular weight excluding hydrogens is 459 g/mol. The molecule has 1 saturated heterocycles. The summed E-state index contributed by atoms with van der Waals surface area (Å²) in [5.41, 5.74) is 0.976. The second kappa shape index (κ2) is 12.1. The number of rotatable bonds is 8. The Morgan fingerprint density at radius 3 is 2.37 bits per heavy atom. The van der Waals surface area contributed by atoms with E-state index in [-0.39, 0.29) is 24.0 Å². The van der Waals surface area contributed by atoms with Crippen LogP contribution in [0, 0.1) is 0 Å². The average molecular weight is 492 g/mol. The molecule has 2 N–H and O–H groups in total. The summed E-state index contributed by atoms with van der Waals surface area (Å²) in [5, 5.41) is 6.79. The number of benzene rings is 1. The van der Waals surface area contributed by atoms with Gasteiger partial charge >= 0.3 is 0 Å². The van der Waals surface area contributed by atoms with Crippen molar-refractivity contribution in [3.63, 3.8) is 0 Å². The summed E-state index contributed by atoms with van der Waals surface area (Å²) < 4.78 is 16.2. The van der Waals surface area contributed by atoms with E-state index in [1.54, 1.807) is 28.4 Å². The number of hydrogen-bond acceptors (Lipinski definition) is 5. The first kappa shape index (κ1) is 23.6. The Labute approximate surface area is 179 Å². The molecule has 0 bridgehead atoms. The number of likely N-dealkylation sites (tertiary alicyclic amines) is 1. The SMILES string of the molecule is CCN1CCCC1CNC(=NC)NCc1cc(OC)c(OC)cc1OC.I. The van der Waals surface area contributed by atoms with Crippen LogP contribution in [0.5, 0.6) is 17.2 Å². The number of nitrogens with one attached hydrogen (secondary N) is 2. The Kier molecular flexibility index (Phi) is 10.6. The lowest BCUT2D eigenvalue weighted by Gasteiger charge is -2.24. The zero-order valence-electron chi connectivity index (χ0n) is 17.0. The molecule has 2 rings (SSSR count). The van der Waals surface area contributed by atoms with Gasteiger partial charge in [0, 0.05) is 37.8 Å². The van der Waals surface area contributed by atoms with Crippen molar-refractivity contribution in [3.05, 3.63) is 17.7 Å². The van der Waals surface area contributed by atoms with Gasteiger partial charge in [0.15, 0.2) is 17.5 Å². The highest BCUT2D eigenvalue weighted by atomic mass is 127. The van der Waals surface area contributed by atoms with Crippen LogP contribution in [0.1, 0.15) is 25.3 Å². The third kappa shape index (κ3) is 6.31. The second-order valence-corrected chi connectivity index (χ2v) is 6.25. The summed E-state index contributed by atoms with van der Waals surface area (Å²) in [6.45, 7) is 5.98. The maximum absolute atomic E-state index is 5.48. The Bertz CT molecular complexity index is 613. The number of aliphatic imine (C=N–C) groups is 1. The molecule has 1 aromatic rings. The zero-order chi connectivity index (χ0) is 18.9. The maximum Gasteiger partial charge on any atom is 0.191 e. The predicted octanol–water partition coefficient (Wildman–Crippen LogP) is 2.48. The minimum absolute atomic E-state index is 0. The van der Waals surface area contributed by atoms with Gasteiger partial charge in [-0.05, 0) is 32.0 Å². The molecule has 0 amide bonds. The highest BCUT2D eigenvalue weighted by Gasteiger charge is 2.22. The summed E-state index contributed by atoms with van der Waals surface area (Å²) in [6, 6.07) is 4.34. The molecule has 7 nitrogen and oxygen atoms in total. The van der Waals surface area contributed by atoms with Crippen molar-refractivity contribution in [1.29, 1.82) is 0 Å². The van der Waals surface area contributed by atoms with Crippen molar-refractivity contribution in [3.8, 4) is 17.2 Å². The van der Waals surface area contributed by atoms with Gasteiger partial charge in [-0.15, -0.1) is 24.0 Å². The fourth-order valence-corrected chi connectivity index (χ4v) is 3.39. The summed E-state index contributed by atoms with van der Waals surface area (Å²) in [6.07, 6.45) is 2.51. The average Bonchev–Trinajstić information content (AvgIpc) is 3.14. The molecule has 0 radical (unpaired) electrons. The maximum atomic E-state index is 5.48. The number of likely N-dealkylation sites (N-methyl/N-ethyl adjacent to an activating group) is 1. The van der Waals surface area contributed by atoms with E-state index < -0.39 is 0 Å². The van der Waals surface area contributed by atoms with Gasteiger partial charge < -0.3 is 24.8 Å². The van der Waals surface area contributed by atoms with Crippen molar-refractivity contribution < 1.29 is 14.2 Å². The lowest BCUT2D eigenvalue weighted by Crippen LogP contribution is -2.44. The number of hydrogen-bond donors (Lipinski definition) is 2. The summed E-state index contributed by atoms with van der Waals surface area (Å²) in [7, 11) is 6.68. The first-order valence-corrected chi connectivity index (χ1v) is 9.14. The Morgan fingerprint density at radius 2 is 1.78 bits per heavy atom. The predicted molar refractivity (Wildman–Crippen MR) is 120 cm³/mol. The van der Waals surface area contributed by atoms with Gasteiger partial charge in [0.05, 0.1) is 21.3 Å². The molecule has 1 aliphatic heterocycles. The zero-order valence-corrected chi connectivity index (χ0v) is 19.3. The van der Waals surface area contributed by atoms with Crippen LogP contribution in [0.2, 0.25) is 0 Å². The summed E-state index contributed by atoms with van der Waals surface area (Å²) in [4.78, 5) is 6.84. The van der Waals surface area contributed by atoms with E-state index in [0.717, 1.165) is 30.4 Å². The molecule has 1 atom stereocenters. The van der Waals surface area contributed by atoms with E-state index >= 15 is 0 Å².